The maximum Gasteiger partial charge on any atom is 0.255 e. The number of nitrogens with zero attached hydrogens (tertiary/aromatic N) is 4. The summed E-state index contributed by atoms with van der Waals surface area (Å²) in [6.07, 6.45) is 7.91. The van der Waals surface area contributed by atoms with Crippen molar-refractivity contribution in [2.24, 2.45) is 0 Å². The predicted molar refractivity (Wildman–Crippen MR) is 144 cm³/mol. The molecule has 1 saturated heterocycles. The molecule has 10 nitrogen and oxygen atoms in total. The van der Waals surface area contributed by atoms with E-state index < -0.39 is 5.82 Å². The highest BCUT2D eigenvalue weighted by molar-refractivity contribution is 5.97. The number of benzene rings is 1. The first-order chi connectivity index (χ1) is 19.2. The molecule has 206 valence electrons. The normalized spacial score (nSPS) is 16.5. The molecular weight excluding hydrogens is 503 g/mol. The SMILES string of the molecule is O=C(NCCN1CCOCC1)c1ccc2cc1OCCCCCCOc1cncc(c1)-c1nc(ncc1F)N2. The highest BCUT2D eigenvalue weighted by Crippen LogP contribution is 2.28. The lowest BCUT2D eigenvalue weighted by atomic mass is 10.1. The summed E-state index contributed by atoms with van der Waals surface area (Å²) in [6.45, 7) is 5.47. The standard InChI is InChI=1S/C28H33FN6O4/c29-24-19-32-28-33-21-5-6-23(27(36)31-7-8-35-9-13-37-14-10-35)25(16-21)39-12-4-2-1-3-11-38-22-15-20(17-30-18-22)26(24)34-28/h5-6,15-19H,1-4,7-14H2,(H,31,36)(H,32,33,34). The molecule has 5 rings (SSSR count). The summed E-state index contributed by atoms with van der Waals surface area (Å²) >= 11 is 0. The molecule has 2 aliphatic rings. The Morgan fingerprint density at radius 3 is 2.67 bits per heavy atom. The van der Waals surface area contributed by atoms with Crippen LogP contribution >= 0.6 is 0 Å². The van der Waals surface area contributed by atoms with E-state index in [2.05, 4.69) is 30.5 Å². The van der Waals surface area contributed by atoms with Gasteiger partial charge in [-0.05, 0) is 43.9 Å². The third-order valence-electron chi connectivity index (χ3n) is 6.60. The maximum atomic E-state index is 14.7. The van der Waals surface area contributed by atoms with Gasteiger partial charge in [-0.3, -0.25) is 14.7 Å². The van der Waals surface area contributed by atoms with Gasteiger partial charge >= 0.3 is 0 Å². The zero-order chi connectivity index (χ0) is 26.9. The number of hydrogen-bond acceptors (Lipinski definition) is 9. The van der Waals surface area contributed by atoms with E-state index in [-0.39, 0.29) is 17.5 Å². The first kappa shape index (κ1) is 26.8. The molecule has 0 spiro atoms. The van der Waals surface area contributed by atoms with E-state index in [0.29, 0.717) is 48.1 Å². The number of rotatable bonds is 4. The summed E-state index contributed by atoms with van der Waals surface area (Å²) < 4.78 is 32.0. The number of fused-ring (bicyclic) bond motifs is 7. The van der Waals surface area contributed by atoms with Gasteiger partial charge in [0.1, 0.15) is 17.2 Å². The molecule has 2 N–H and O–H groups in total. The van der Waals surface area contributed by atoms with Crippen molar-refractivity contribution in [3.8, 4) is 22.8 Å². The van der Waals surface area contributed by atoms with Crippen LogP contribution in [0.3, 0.4) is 0 Å². The lowest BCUT2D eigenvalue weighted by Crippen LogP contribution is -2.41. The minimum Gasteiger partial charge on any atom is -0.493 e. The molecule has 0 saturated carbocycles. The van der Waals surface area contributed by atoms with Crippen LogP contribution in [0.5, 0.6) is 11.5 Å². The van der Waals surface area contributed by atoms with Gasteiger partial charge in [0.15, 0.2) is 5.82 Å². The third kappa shape index (κ3) is 7.39. The van der Waals surface area contributed by atoms with Gasteiger partial charge in [-0.15, -0.1) is 0 Å². The summed E-state index contributed by atoms with van der Waals surface area (Å²) in [5.74, 6) is 0.465. The lowest BCUT2D eigenvalue weighted by molar-refractivity contribution is 0.0383. The number of carbonyl (C=O) groups is 1. The first-order valence-corrected chi connectivity index (χ1v) is 13.4. The van der Waals surface area contributed by atoms with E-state index >= 15 is 0 Å². The molecule has 3 aromatic rings. The second-order valence-electron chi connectivity index (χ2n) is 9.46. The molecule has 0 aliphatic carbocycles. The molecule has 0 radical (unpaired) electrons. The summed E-state index contributed by atoms with van der Waals surface area (Å²) in [5, 5.41) is 6.11. The fraction of sp³-hybridized carbons (Fsp3) is 0.429. The van der Waals surface area contributed by atoms with E-state index in [0.717, 1.165) is 64.7 Å². The van der Waals surface area contributed by atoms with Crippen LogP contribution in [-0.2, 0) is 4.74 Å². The van der Waals surface area contributed by atoms with Crippen molar-refractivity contribution in [2.75, 3.05) is 57.9 Å². The Kier molecular flexibility index (Phi) is 9.13. The molecule has 0 unspecified atom stereocenters. The monoisotopic (exact) mass is 536 g/mol. The predicted octanol–water partition coefficient (Wildman–Crippen LogP) is 3.81. The van der Waals surface area contributed by atoms with Gasteiger partial charge < -0.3 is 24.8 Å². The van der Waals surface area contributed by atoms with Crippen LogP contribution in [-0.4, -0.2) is 78.4 Å². The van der Waals surface area contributed by atoms with Crippen LogP contribution in [0.15, 0.2) is 42.9 Å². The molecule has 6 bridgehead atoms. The number of halogens is 1. The van der Waals surface area contributed by atoms with Gasteiger partial charge in [0, 0.05) is 49.7 Å². The average molecular weight is 537 g/mol. The van der Waals surface area contributed by atoms with Crippen LogP contribution in [0, 0.1) is 5.82 Å². The van der Waals surface area contributed by atoms with Crippen LogP contribution in [0.1, 0.15) is 36.0 Å². The smallest absolute Gasteiger partial charge is 0.255 e. The van der Waals surface area contributed by atoms with E-state index in [1.807, 2.05) is 0 Å². The molecule has 2 aromatic heterocycles. The summed E-state index contributed by atoms with van der Waals surface area (Å²) in [5.41, 5.74) is 1.67. The van der Waals surface area contributed by atoms with Crippen molar-refractivity contribution in [1.29, 1.82) is 0 Å². The minimum absolute atomic E-state index is 0.110. The summed E-state index contributed by atoms with van der Waals surface area (Å²) in [6, 6.07) is 6.95. The van der Waals surface area contributed by atoms with Crippen LogP contribution in [0.4, 0.5) is 16.0 Å². The number of ether oxygens (including phenoxy) is 3. The topological polar surface area (TPSA) is 111 Å². The fourth-order valence-corrected chi connectivity index (χ4v) is 4.47. The summed E-state index contributed by atoms with van der Waals surface area (Å²) in [4.78, 5) is 28.0. The second kappa shape index (κ2) is 13.3. The van der Waals surface area contributed by atoms with Crippen molar-refractivity contribution < 1.29 is 23.4 Å². The zero-order valence-corrected chi connectivity index (χ0v) is 21.8. The Morgan fingerprint density at radius 1 is 1.00 bits per heavy atom. The minimum atomic E-state index is -0.568. The third-order valence-corrected chi connectivity index (χ3v) is 6.60. The number of anilines is 2. The number of hydrogen-bond donors (Lipinski definition) is 2. The Bertz CT molecular complexity index is 1270. The van der Waals surface area contributed by atoms with Crippen LogP contribution in [0.2, 0.25) is 0 Å². The van der Waals surface area contributed by atoms with Gasteiger partial charge in [0.05, 0.1) is 44.4 Å². The number of amides is 1. The number of pyridine rings is 1. The fourth-order valence-electron chi connectivity index (χ4n) is 4.47. The number of carbonyl (C=O) groups excluding carboxylic acids is 1. The highest BCUT2D eigenvalue weighted by Gasteiger charge is 2.17. The lowest BCUT2D eigenvalue weighted by Gasteiger charge is -2.26. The van der Waals surface area contributed by atoms with Gasteiger partial charge in [-0.2, -0.15) is 0 Å². The van der Waals surface area contributed by atoms with E-state index in [1.54, 1.807) is 36.7 Å². The molecule has 1 aromatic carbocycles. The van der Waals surface area contributed by atoms with Crippen LogP contribution < -0.4 is 20.1 Å². The largest absolute Gasteiger partial charge is 0.493 e. The van der Waals surface area contributed by atoms with E-state index in [9.17, 15) is 9.18 Å². The van der Waals surface area contributed by atoms with Crippen molar-refractivity contribution in [2.45, 2.75) is 25.7 Å². The van der Waals surface area contributed by atoms with Crippen molar-refractivity contribution in [1.82, 2.24) is 25.2 Å². The first-order valence-electron chi connectivity index (χ1n) is 13.4. The average Bonchev–Trinajstić information content (AvgIpc) is 2.96. The molecule has 4 heterocycles. The highest BCUT2D eigenvalue weighted by atomic mass is 19.1. The number of aromatic nitrogens is 3. The molecule has 11 heteroatoms. The van der Waals surface area contributed by atoms with Gasteiger partial charge in [-0.25, -0.2) is 14.4 Å². The molecule has 39 heavy (non-hydrogen) atoms. The Morgan fingerprint density at radius 2 is 1.82 bits per heavy atom. The Labute approximate surface area is 226 Å². The maximum absolute atomic E-state index is 14.7. The van der Waals surface area contributed by atoms with Gasteiger partial charge in [0.25, 0.3) is 5.91 Å². The Balaban J connectivity index is 1.36. The van der Waals surface area contributed by atoms with Gasteiger partial charge in [-0.1, -0.05) is 0 Å². The second-order valence-corrected chi connectivity index (χ2v) is 9.46. The number of nitrogens with one attached hydrogen (secondary N) is 2. The van der Waals surface area contributed by atoms with E-state index in [1.165, 1.54) is 0 Å². The van der Waals surface area contributed by atoms with Gasteiger partial charge in [0.2, 0.25) is 5.95 Å². The Hall–Kier alpha value is -3.83. The molecular formula is C28H33FN6O4. The molecule has 0 atom stereocenters. The summed E-state index contributed by atoms with van der Waals surface area (Å²) in [7, 11) is 0. The van der Waals surface area contributed by atoms with Crippen molar-refractivity contribution in [3.05, 3.63) is 54.2 Å². The molecule has 1 fully saturated rings. The van der Waals surface area contributed by atoms with Crippen molar-refractivity contribution in [3.63, 3.8) is 0 Å². The number of morpholine rings is 1. The molecule has 1 amide bonds. The zero-order valence-electron chi connectivity index (χ0n) is 21.8. The van der Waals surface area contributed by atoms with E-state index in [4.69, 9.17) is 14.2 Å². The van der Waals surface area contributed by atoms with Crippen molar-refractivity contribution >= 4 is 17.5 Å². The quantitative estimate of drug-likeness (QED) is 0.514. The van der Waals surface area contributed by atoms with Crippen LogP contribution in [0.25, 0.3) is 11.3 Å². The molecule has 2 aliphatic heterocycles.